The minimum Gasteiger partial charge on any atom is -0.353 e. The first-order valence-corrected chi connectivity index (χ1v) is 6.73. The minimum atomic E-state index is -0.132. The fourth-order valence-corrected chi connectivity index (χ4v) is 1.79. The van der Waals surface area contributed by atoms with Crippen LogP contribution in [0, 0.1) is 11.3 Å². The highest BCUT2D eigenvalue weighted by molar-refractivity contribution is 5.32. The smallest absolute Gasteiger partial charge is 0.158 e. The highest BCUT2D eigenvalue weighted by Crippen LogP contribution is 2.04. The maximum absolute atomic E-state index is 8.82. The molecule has 0 fully saturated rings. The van der Waals surface area contributed by atoms with E-state index >= 15 is 0 Å². The van der Waals surface area contributed by atoms with E-state index in [4.69, 9.17) is 14.7 Å². The van der Waals surface area contributed by atoms with Gasteiger partial charge in [0, 0.05) is 32.7 Å². The number of rotatable bonds is 9. The molecule has 0 heterocycles. The van der Waals surface area contributed by atoms with Gasteiger partial charge in [-0.05, 0) is 31.5 Å². The predicted molar refractivity (Wildman–Crippen MR) is 74.5 cm³/mol. The van der Waals surface area contributed by atoms with Crippen molar-refractivity contribution in [3.05, 3.63) is 35.4 Å². The van der Waals surface area contributed by atoms with E-state index in [0.717, 1.165) is 25.1 Å². The number of nitrogens with zero attached hydrogens (tertiary/aromatic N) is 1. The first kappa shape index (κ1) is 15.6. The standard InChI is InChI=1S/C15H22N2O2/c1-3-18-15(19-4-2)8-9-17-12-14-7-5-6-13(10-14)11-16/h5-7,10,15,17H,3-4,8-9,12H2,1-2H3. The van der Waals surface area contributed by atoms with Crippen molar-refractivity contribution in [2.75, 3.05) is 19.8 Å². The quantitative estimate of drug-likeness (QED) is 0.548. The van der Waals surface area contributed by atoms with Gasteiger partial charge in [-0.3, -0.25) is 0 Å². The summed E-state index contributed by atoms with van der Waals surface area (Å²) in [4.78, 5) is 0. The molecule has 0 saturated carbocycles. The van der Waals surface area contributed by atoms with Gasteiger partial charge in [0.05, 0.1) is 11.6 Å². The van der Waals surface area contributed by atoms with Gasteiger partial charge in [-0.1, -0.05) is 12.1 Å². The molecule has 0 aromatic heterocycles. The summed E-state index contributed by atoms with van der Waals surface area (Å²) in [6.45, 7) is 6.82. The van der Waals surface area contributed by atoms with Crippen LogP contribution in [-0.2, 0) is 16.0 Å². The summed E-state index contributed by atoms with van der Waals surface area (Å²) < 4.78 is 10.9. The summed E-state index contributed by atoms with van der Waals surface area (Å²) in [6.07, 6.45) is 0.688. The molecule has 0 aliphatic rings. The Bertz CT molecular complexity index is 395. The molecule has 0 radical (unpaired) electrons. The van der Waals surface area contributed by atoms with Crippen LogP contribution in [0.25, 0.3) is 0 Å². The first-order chi connectivity index (χ1) is 9.30. The van der Waals surface area contributed by atoms with Crippen LogP contribution >= 0.6 is 0 Å². The summed E-state index contributed by atoms with van der Waals surface area (Å²) in [5.41, 5.74) is 1.81. The maximum Gasteiger partial charge on any atom is 0.158 e. The minimum absolute atomic E-state index is 0.132. The van der Waals surface area contributed by atoms with E-state index in [0.29, 0.717) is 18.8 Å². The molecule has 1 N–H and O–H groups in total. The molecule has 0 aliphatic heterocycles. The van der Waals surface area contributed by atoms with Crippen LogP contribution in [0.1, 0.15) is 31.4 Å². The molecule has 1 aromatic rings. The van der Waals surface area contributed by atoms with Crippen molar-refractivity contribution in [3.8, 4) is 6.07 Å². The van der Waals surface area contributed by atoms with Crippen LogP contribution in [-0.4, -0.2) is 26.0 Å². The normalized spacial score (nSPS) is 10.6. The zero-order valence-electron chi connectivity index (χ0n) is 11.7. The Morgan fingerprint density at radius 1 is 1.26 bits per heavy atom. The molecule has 0 saturated heterocycles. The SMILES string of the molecule is CCOC(CCNCc1cccc(C#N)c1)OCC. The number of hydrogen-bond donors (Lipinski definition) is 1. The van der Waals surface area contributed by atoms with E-state index < -0.39 is 0 Å². The monoisotopic (exact) mass is 262 g/mol. The molecule has 0 atom stereocenters. The lowest BCUT2D eigenvalue weighted by Gasteiger charge is -2.17. The van der Waals surface area contributed by atoms with E-state index in [1.807, 2.05) is 38.1 Å². The second-order valence-corrected chi connectivity index (χ2v) is 4.12. The molecule has 0 unspecified atom stereocenters. The molecule has 0 amide bonds. The Kier molecular flexibility index (Phi) is 7.83. The number of nitrogens with one attached hydrogen (secondary N) is 1. The lowest BCUT2D eigenvalue weighted by Crippen LogP contribution is -2.24. The average Bonchev–Trinajstić information content (AvgIpc) is 2.44. The van der Waals surface area contributed by atoms with Crippen molar-refractivity contribution in [2.45, 2.75) is 33.1 Å². The van der Waals surface area contributed by atoms with Crippen LogP contribution < -0.4 is 5.32 Å². The molecule has 4 nitrogen and oxygen atoms in total. The molecule has 104 valence electrons. The largest absolute Gasteiger partial charge is 0.353 e. The van der Waals surface area contributed by atoms with Gasteiger partial charge in [-0.25, -0.2) is 0 Å². The fraction of sp³-hybridized carbons (Fsp3) is 0.533. The molecular formula is C15H22N2O2. The van der Waals surface area contributed by atoms with Gasteiger partial charge in [0.1, 0.15) is 0 Å². The molecule has 0 aliphatic carbocycles. The lowest BCUT2D eigenvalue weighted by molar-refractivity contribution is -0.138. The van der Waals surface area contributed by atoms with E-state index in [1.54, 1.807) is 0 Å². The second kappa shape index (κ2) is 9.51. The Balaban J connectivity index is 2.27. The van der Waals surface area contributed by atoms with Gasteiger partial charge >= 0.3 is 0 Å². The molecule has 0 spiro atoms. The van der Waals surface area contributed by atoms with Crippen molar-refractivity contribution in [1.29, 1.82) is 5.26 Å². The number of hydrogen-bond acceptors (Lipinski definition) is 4. The fourth-order valence-electron chi connectivity index (χ4n) is 1.79. The summed E-state index contributed by atoms with van der Waals surface area (Å²) in [5, 5.41) is 12.2. The molecule has 4 heteroatoms. The molecule has 1 rings (SSSR count). The highest BCUT2D eigenvalue weighted by atomic mass is 16.7. The van der Waals surface area contributed by atoms with Crippen molar-refractivity contribution >= 4 is 0 Å². The summed E-state index contributed by atoms with van der Waals surface area (Å²) in [5.74, 6) is 0. The maximum atomic E-state index is 8.82. The van der Waals surface area contributed by atoms with Crippen LogP contribution in [0.3, 0.4) is 0 Å². The topological polar surface area (TPSA) is 54.3 Å². The Morgan fingerprint density at radius 3 is 2.63 bits per heavy atom. The lowest BCUT2D eigenvalue weighted by atomic mass is 10.1. The van der Waals surface area contributed by atoms with Crippen LogP contribution in [0.4, 0.5) is 0 Å². The zero-order valence-corrected chi connectivity index (χ0v) is 11.7. The third-order valence-electron chi connectivity index (χ3n) is 2.65. The second-order valence-electron chi connectivity index (χ2n) is 4.12. The van der Waals surface area contributed by atoms with E-state index in [-0.39, 0.29) is 6.29 Å². The van der Waals surface area contributed by atoms with Gasteiger partial charge in [0.15, 0.2) is 6.29 Å². The summed E-state index contributed by atoms with van der Waals surface area (Å²) >= 11 is 0. The van der Waals surface area contributed by atoms with E-state index in [1.165, 1.54) is 0 Å². The average molecular weight is 262 g/mol. The summed E-state index contributed by atoms with van der Waals surface area (Å²) in [6, 6.07) is 9.76. The Hall–Kier alpha value is -1.41. The first-order valence-electron chi connectivity index (χ1n) is 6.73. The number of benzene rings is 1. The van der Waals surface area contributed by atoms with Crippen LogP contribution in [0.5, 0.6) is 0 Å². The van der Waals surface area contributed by atoms with Gasteiger partial charge in [-0.2, -0.15) is 5.26 Å². The molecule has 19 heavy (non-hydrogen) atoms. The molecule has 1 aromatic carbocycles. The van der Waals surface area contributed by atoms with E-state index in [9.17, 15) is 0 Å². The molecular weight excluding hydrogens is 240 g/mol. The van der Waals surface area contributed by atoms with Crippen LogP contribution in [0.15, 0.2) is 24.3 Å². The third-order valence-corrected chi connectivity index (χ3v) is 2.65. The van der Waals surface area contributed by atoms with Crippen molar-refractivity contribution in [1.82, 2.24) is 5.32 Å². The highest BCUT2D eigenvalue weighted by Gasteiger charge is 2.06. The predicted octanol–water partition coefficient (Wildman–Crippen LogP) is 2.44. The summed E-state index contributed by atoms with van der Waals surface area (Å²) in [7, 11) is 0. The van der Waals surface area contributed by atoms with Crippen molar-refractivity contribution in [3.63, 3.8) is 0 Å². The third kappa shape index (κ3) is 6.35. The van der Waals surface area contributed by atoms with E-state index in [2.05, 4.69) is 11.4 Å². The van der Waals surface area contributed by atoms with Crippen molar-refractivity contribution in [2.24, 2.45) is 0 Å². The van der Waals surface area contributed by atoms with Crippen LogP contribution in [0.2, 0.25) is 0 Å². The Labute approximate surface area is 115 Å². The van der Waals surface area contributed by atoms with Gasteiger partial charge in [0.2, 0.25) is 0 Å². The van der Waals surface area contributed by atoms with Gasteiger partial charge in [0.25, 0.3) is 0 Å². The van der Waals surface area contributed by atoms with Crippen molar-refractivity contribution < 1.29 is 9.47 Å². The number of nitriles is 1. The number of ether oxygens (including phenoxy) is 2. The zero-order chi connectivity index (χ0) is 13.9. The molecule has 0 bridgehead atoms. The Morgan fingerprint density at radius 2 is 2.00 bits per heavy atom. The van der Waals surface area contributed by atoms with Gasteiger partial charge < -0.3 is 14.8 Å². The van der Waals surface area contributed by atoms with Gasteiger partial charge in [-0.15, -0.1) is 0 Å².